The minimum atomic E-state index is 0. The number of thiazole rings is 1. The third-order valence-corrected chi connectivity index (χ3v) is 5.81. The van der Waals surface area contributed by atoms with Crippen LogP contribution >= 0.6 is 23.7 Å². The Bertz CT molecular complexity index is 551. The minimum Gasteiger partial charge on any atom is -0.378 e. The summed E-state index contributed by atoms with van der Waals surface area (Å²) in [5, 5.41) is 4.24. The van der Waals surface area contributed by atoms with Gasteiger partial charge in [0.1, 0.15) is 0 Å². The minimum absolute atomic E-state index is 0. The number of likely N-dealkylation sites (tertiary alicyclic amines) is 1. The lowest BCUT2D eigenvalue weighted by molar-refractivity contribution is -0.119. The Morgan fingerprint density at radius 1 is 1.40 bits per heavy atom. The van der Waals surface area contributed by atoms with Crippen LogP contribution in [0, 0.1) is 5.92 Å². The first kappa shape index (κ1) is 20.4. The van der Waals surface area contributed by atoms with Gasteiger partial charge in [-0.05, 0) is 12.3 Å². The summed E-state index contributed by atoms with van der Waals surface area (Å²) in [6.45, 7) is 10.2. The number of anilines is 1. The Balaban J connectivity index is 0.00000225. The average molecular weight is 389 g/mol. The molecule has 0 unspecified atom stereocenters. The van der Waals surface area contributed by atoms with Crippen LogP contribution in [0.5, 0.6) is 0 Å². The quantitative estimate of drug-likeness (QED) is 0.809. The second kappa shape index (κ2) is 9.71. The number of morpholine rings is 1. The second-order valence-corrected chi connectivity index (χ2v) is 7.85. The molecule has 0 saturated carbocycles. The number of aromatic nitrogens is 1. The highest BCUT2D eigenvalue weighted by molar-refractivity contribution is 7.15. The third kappa shape index (κ3) is 5.54. The van der Waals surface area contributed by atoms with E-state index in [2.05, 4.69) is 27.0 Å². The zero-order chi connectivity index (χ0) is 16.9. The standard InChI is InChI=1S/C17H28N4O2S.ClH/c1-3-4-14-10-20(12-16(14)19-13(2)22)11-15-9-18-17(24-15)21-5-7-23-8-6-21;/h9,14,16H,3-8,10-12H2,1-2H3,(H,19,22);1H/t14-,16-;/m0./s1. The monoisotopic (exact) mass is 388 g/mol. The summed E-state index contributed by atoms with van der Waals surface area (Å²) in [7, 11) is 0. The molecule has 3 heterocycles. The molecule has 6 nitrogen and oxygen atoms in total. The molecule has 2 fully saturated rings. The smallest absolute Gasteiger partial charge is 0.217 e. The first-order chi connectivity index (χ1) is 11.7. The molecule has 25 heavy (non-hydrogen) atoms. The summed E-state index contributed by atoms with van der Waals surface area (Å²) in [6.07, 6.45) is 4.34. The van der Waals surface area contributed by atoms with Crippen LogP contribution < -0.4 is 10.2 Å². The fourth-order valence-corrected chi connectivity index (χ4v) is 4.67. The molecule has 2 aliphatic heterocycles. The van der Waals surface area contributed by atoms with Gasteiger partial charge in [-0.15, -0.1) is 23.7 Å². The van der Waals surface area contributed by atoms with Gasteiger partial charge in [-0.2, -0.15) is 0 Å². The number of nitrogens with zero attached hydrogens (tertiary/aromatic N) is 3. The number of nitrogens with one attached hydrogen (secondary N) is 1. The molecule has 2 saturated heterocycles. The Kier molecular flexibility index (Phi) is 7.93. The maximum atomic E-state index is 11.4. The van der Waals surface area contributed by atoms with Crippen molar-refractivity contribution in [2.75, 3.05) is 44.3 Å². The van der Waals surface area contributed by atoms with E-state index >= 15 is 0 Å². The molecule has 2 aliphatic rings. The van der Waals surface area contributed by atoms with Crippen molar-refractivity contribution in [3.8, 4) is 0 Å². The highest BCUT2D eigenvalue weighted by atomic mass is 35.5. The summed E-state index contributed by atoms with van der Waals surface area (Å²) in [4.78, 5) is 22.1. The average Bonchev–Trinajstić information content (AvgIpc) is 3.16. The molecule has 0 bridgehead atoms. The van der Waals surface area contributed by atoms with Crippen LogP contribution in [-0.4, -0.2) is 61.2 Å². The van der Waals surface area contributed by atoms with E-state index in [1.807, 2.05) is 6.20 Å². The van der Waals surface area contributed by atoms with Gasteiger partial charge in [-0.3, -0.25) is 9.69 Å². The lowest BCUT2D eigenvalue weighted by atomic mass is 9.98. The van der Waals surface area contributed by atoms with Gasteiger partial charge in [0, 0.05) is 56.8 Å². The van der Waals surface area contributed by atoms with Crippen molar-refractivity contribution >= 4 is 34.8 Å². The number of carbonyl (C=O) groups is 1. The van der Waals surface area contributed by atoms with Crippen LogP contribution in [0.3, 0.4) is 0 Å². The molecule has 1 N–H and O–H groups in total. The van der Waals surface area contributed by atoms with E-state index < -0.39 is 0 Å². The molecular formula is C17H29ClN4O2S. The first-order valence-electron chi connectivity index (χ1n) is 8.92. The SMILES string of the molecule is CCC[C@H]1CN(Cc2cnc(N3CCOCC3)s2)C[C@@H]1NC(C)=O.Cl. The Labute approximate surface area is 160 Å². The number of carbonyl (C=O) groups excluding carboxylic acids is 1. The van der Waals surface area contributed by atoms with E-state index in [1.54, 1.807) is 18.3 Å². The zero-order valence-corrected chi connectivity index (χ0v) is 16.7. The fraction of sp³-hybridized carbons (Fsp3) is 0.765. The van der Waals surface area contributed by atoms with Crippen molar-refractivity contribution in [1.82, 2.24) is 15.2 Å². The molecule has 1 aromatic heterocycles. The van der Waals surface area contributed by atoms with Gasteiger partial charge in [0.2, 0.25) is 5.91 Å². The van der Waals surface area contributed by atoms with Crippen LogP contribution in [0.1, 0.15) is 31.6 Å². The Morgan fingerprint density at radius 2 is 2.16 bits per heavy atom. The number of hydrogen-bond acceptors (Lipinski definition) is 6. The molecule has 0 aromatic carbocycles. The first-order valence-corrected chi connectivity index (χ1v) is 9.74. The lowest BCUT2D eigenvalue weighted by Crippen LogP contribution is -2.39. The number of hydrogen-bond donors (Lipinski definition) is 1. The van der Waals surface area contributed by atoms with Gasteiger partial charge >= 0.3 is 0 Å². The van der Waals surface area contributed by atoms with Crippen LogP contribution in [0.4, 0.5) is 5.13 Å². The molecule has 2 atom stereocenters. The molecule has 3 rings (SSSR count). The van der Waals surface area contributed by atoms with E-state index in [1.165, 1.54) is 11.3 Å². The van der Waals surface area contributed by atoms with E-state index in [-0.39, 0.29) is 24.4 Å². The molecule has 142 valence electrons. The van der Waals surface area contributed by atoms with Crippen molar-refractivity contribution in [2.24, 2.45) is 5.92 Å². The zero-order valence-electron chi connectivity index (χ0n) is 15.1. The van der Waals surface area contributed by atoms with Crippen molar-refractivity contribution < 1.29 is 9.53 Å². The van der Waals surface area contributed by atoms with Crippen LogP contribution in [0.15, 0.2) is 6.20 Å². The largest absolute Gasteiger partial charge is 0.378 e. The maximum Gasteiger partial charge on any atom is 0.217 e. The number of rotatable bonds is 6. The summed E-state index contributed by atoms with van der Waals surface area (Å²) >= 11 is 1.79. The molecule has 0 radical (unpaired) electrons. The van der Waals surface area contributed by atoms with Gasteiger partial charge in [0.25, 0.3) is 0 Å². The highest BCUT2D eigenvalue weighted by Gasteiger charge is 2.32. The van der Waals surface area contributed by atoms with Crippen molar-refractivity contribution in [1.29, 1.82) is 0 Å². The van der Waals surface area contributed by atoms with Crippen LogP contribution in [0.25, 0.3) is 0 Å². The molecule has 0 spiro atoms. The van der Waals surface area contributed by atoms with E-state index in [4.69, 9.17) is 4.74 Å². The van der Waals surface area contributed by atoms with Crippen LogP contribution in [-0.2, 0) is 16.1 Å². The topological polar surface area (TPSA) is 57.7 Å². The lowest BCUT2D eigenvalue weighted by Gasteiger charge is -2.26. The third-order valence-electron chi connectivity index (χ3n) is 4.77. The van der Waals surface area contributed by atoms with E-state index in [9.17, 15) is 4.79 Å². The predicted octanol–water partition coefficient (Wildman–Crippen LogP) is 2.14. The predicted molar refractivity (Wildman–Crippen MR) is 104 cm³/mol. The number of amides is 1. The molecule has 1 amide bonds. The van der Waals surface area contributed by atoms with Gasteiger partial charge in [0.15, 0.2) is 5.13 Å². The van der Waals surface area contributed by atoms with Crippen molar-refractivity contribution in [2.45, 2.75) is 39.3 Å². The second-order valence-electron chi connectivity index (χ2n) is 6.76. The molecule has 8 heteroatoms. The van der Waals surface area contributed by atoms with Gasteiger partial charge in [-0.25, -0.2) is 4.98 Å². The Morgan fingerprint density at radius 3 is 2.84 bits per heavy atom. The fourth-order valence-electron chi connectivity index (χ4n) is 3.67. The van der Waals surface area contributed by atoms with Gasteiger partial charge in [-0.1, -0.05) is 13.3 Å². The van der Waals surface area contributed by atoms with E-state index in [0.717, 1.165) is 57.5 Å². The van der Waals surface area contributed by atoms with E-state index in [0.29, 0.717) is 5.92 Å². The van der Waals surface area contributed by atoms with Crippen molar-refractivity contribution in [3.05, 3.63) is 11.1 Å². The highest BCUT2D eigenvalue weighted by Crippen LogP contribution is 2.28. The molecule has 0 aliphatic carbocycles. The normalized spacial score (nSPS) is 24.2. The summed E-state index contributed by atoms with van der Waals surface area (Å²) in [5.74, 6) is 0.640. The van der Waals surface area contributed by atoms with Crippen molar-refractivity contribution in [3.63, 3.8) is 0 Å². The van der Waals surface area contributed by atoms with Gasteiger partial charge < -0.3 is 15.0 Å². The number of halogens is 1. The summed E-state index contributed by atoms with van der Waals surface area (Å²) in [5.41, 5.74) is 0. The van der Waals surface area contributed by atoms with Crippen LogP contribution in [0.2, 0.25) is 0 Å². The summed E-state index contributed by atoms with van der Waals surface area (Å²) < 4.78 is 5.41. The molecule has 1 aromatic rings. The maximum absolute atomic E-state index is 11.4. The summed E-state index contributed by atoms with van der Waals surface area (Å²) in [6, 6.07) is 0.286. The number of ether oxygens (including phenoxy) is 1. The Hall–Kier alpha value is -0.890. The van der Waals surface area contributed by atoms with Gasteiger partial charge in [0.05, 0.1) is 13.2 Å². The molecular weight excluding hydrogens is 360 g/mol.